The largest absolute Gasteiger partial charge is 0.456 e. The third-order valence-electron chi connectivity index (χ3n) is 2.21. The Kier molecular flexibility index (Phi) is 5.03. The summed E-state index contributed by atoms with van der Waals surface area (Å²) >= 11 is 0. The van der Waals surface area contributed by atoms with Crippen molar-refractivity contribution >= 4 is 17.9 Å². The van der Waals surface area contributed by atoms with Crippen molar-refractivity contribution in [3.8, 4) is 0 Å². The molecule has 128 valence electrons. The lowest BCUT2D eigenvalue weighted by Crippen LogP contribution is -2.35. The molecule has 1 heterocycles. The molecule has 23 heavy (non-hydrogen) atoms. The Morgan fingerprint density at radius 2 is 1.61 bits per heavy atom. The number of ether oxygens (including phenoxy) is 2. The van der Waals surface area contributed by atoms with Gasteiger partial charge in [-0.2, -0.15) is 9.89 Å². The molecule has 0 amide bonds. The summed E-state index contributed by atoms with van der Waals surface area (Å²) < 4.78 is 10.5. The SMILES string of the molecule is CC(C)(C)OC(=O)c1cnn(NC(=N)N)c1C(=O)OC(C)(C)C. The van der Waals surface area contributed by atoms with Crippen LogP contribution in [0.2, 0.25) is 0 Å². The normalized spacial score (nSPS) is 11.7. The van der Waals surface area contributed by atoms with Crippen LogP contribution in [0.25, 0.3) is 0 Å². The molecule has 0 saturated carbocycles. The number of aromatic nitrogens is 2. The van der Waals surface area contributed by atoms with Crippen LogP contribution in [0.3, 0.4) is 0 Å². The fraction of sp³-hybridized carbons (Fsp3) is 0.571. The van der Waals surface area contributed by atoms with E-state index < -0.39 is 29.1 Å². The van der Waals surface area contributed by atoms with E-state index in [1.165, 1.54) is 0 Å². The second kappa shape index (κ2) is 6.27. The Labute approximate surface area is 134 Å². The highest BCUT2D eigenvalue weighted by Gasteiger charge is 2.31. The van der Waals surface area contributed by atoms with Gasteiger partial charge in [-0.1, -0.05) is 0 Å². The molecule has 0 aliphatic carbocycles. The van der Waals surface area contributed by atoms with Crippen LogP contribution in [-0.2, 0) is 9.47 Å². The molecule has 0 radical (unpaired) electrons. The van der Waals surface area contributed by atoms with Crippen molar-refractivity contribution in [2.75, 3.05) is 5.43 Å². The molecule has 0 aliphatic heterocycles. The van der Waals surface area contributed by atoms with Crippen LogP contribution < -0.4 is 11.2 Å². The molecular formula is C14H23N5O4. The average molecular weight is 325 g/mol. The summed E-state index contributed by atoms with van der Waals surface area (Å²) in [5, 5.41) is 11.1. The van der Waals surface area contributed by atoms with Gasteiger partial charge in [0.15, 0.2) is 5.69 Å². The summed E-state index contributed by atoms with van der Waals surface area (Å²) in [6, 6.07) is 0. The second-order valence-corrected chi connectivity index (χ2v) is 6.85. The number of esters is 2. The van der Waals surface area contributed by atoms with Crippen LogP contribution >= 0.6 is 0 Å². The molecule has 1 aromatic rings. The monoisotopic (exact) mass is 325 g/mol. The van der Waals surface area contributed by atoms with Crippen LogP contribution in [0.15, 0.2) is 6.20 Å². The van der Waals surface area contributed by atoms with Crippen molar-refractivity contribution in [1.82, 2.24) is 9.89 Å². The predicted octanol–water partition coefficient (Wildman–Crippen LogP) is 1.23. The molecule has 0 atom stereocenters. The van der Waals surface area contributed by atoms with Crippen molar-refractivity contribution in [3.63, 3.8) is 0 Å². The highest BCUT2D eigenvalue weighted by molar-refractivity contribution is 6.02. The van der Waals surface area contributed by atoms with Gasteiger partial charge in [-0.05, 0) is 41.5 Å². The molecule has 9 nitrogen and oxygen atoms in total. The van der Waals surface area contributed by atoms with E-state index in [-0.39, 0.29) is 11.3 Å². The minimum atomic E-state index is -0.787. The van der Waals surface area contributed by atoms with E-state index in [0.29, 0.717) is 0 Å². The van der Waals surface area contributed by atoms with Crippen LogP contribution in [0.4, 0.5) is 0 Å². The van der Waals surface area contributed by atoms with Crippen LogP contribution in [0, 0.1) is 5.41 Å². The zero-order valence-electron chi connectivity index (χ0n) is 14.2. The highest BCUT2D eigenvalue weighted by Crippen LogP contribution is 2.18. The van der Waals surface area contributed by atoms with E-state index in [1.807, 2.05) is 0 Å². The Morgan fingerprint density at radius 3 is 2.04 bits per heavy atom. The van der Waals surface area contributed by atoms with Gasteiger partial charge in [-0.15, -0.1) is 0 Å². The maximum Gasteiger partial charge on any atom is 0.360 e. The van der Waals surface area contributed by atoms with Gasteiger partial charge in [-0.3, -0.25) is 5.41 Å². The van der Waals surface area contributed by atoms with E-state index >= 15 is 0 Å². The summed E-state index contributed by atoms with van der Waals surface area (Å²) in [5.41, 5.74) is 5.81. The lowest BCUT2D eigenvalue weighted by molar-refractivity contribution is 0.00121. The molecule has 0 spiro atoms. The molecule has 0 saturated heterocycles. The van der Waals surface area contributed by atoms with E-state index in [4.69, 9.17) is 20.6 Å². The number of rotatable bonds is 3. The fourth-order valence-corrected chi connectivity index (χ4v) is 1.55. The topological polar surface area (TPSA) is 132 Å². The Bertz CT molecular complexity index is 622. The Morgan fingerprint density at radius 1 is 1.13 bits per heavy atom. The van der Waals surface area contributed by atoms with Gasteiger partial charge in [0.25, 0.3) is 0 Å². The highest BCUT2D eigenvalue weighted by atomic mass is 16.6. The first kappa shape index (κ1) is 18.5. The van der Waals surface area contributed by atoms with Gasteiger partial charge in [0.05, 0.1) is 6.20 Å². The van der Waals surface area contributed by atoms with Crippen molar-refractivity contribution in [2.45, 2.75) is 52.7 Å². The van der Waals surface area contributed by atoms with Crippen LogP contribution in [0.1, 0.15) is 62.4 Å². The van der Waals surface area contributed by atoms with E-state index in [1.54, 1.807) is 41.5 Å². The molecule has 4 N–H and O–H groups in total. The smallest absolute Gasteiger partial charge is 0.360 e. The molecule has 0 aliphatic rings. The number of hydrogen-bond acceptors (Lipinski definition) is 6. The van der Waals surface area contributed by atoms with Crippen molar-refractivity contribution in [3.05, 3.63) is 17.5 Å². The maximum atomic E-state index is 12.4. The summed E-state index contributed by atoms with van der Waals surface area (Å²) in [7, 11) is 0. The van der Waals surface area contributed by atoms with Crippen molar-refractivity contribution < 1.29 is 19.1 Å². The number of carbonyl (C=O) groups excluding carboxylic acids is 2. The zero-order chi connectivity index (χ0) is 18.0. The third-order valence-corrected chi connectivity index (χ3v) is 2.21. The van der Waals surface area contributed by atoms with Gasteiger partial charge < -0.3 is 15.2 Å². The van der Waals surface area contributed by atoms with Gasteiger partial charge in [-0.25, -0.2) is 15.0 Å². The quantitative estimate of drug-likeness (QED) is 0.432. The van der Waals surface area contributed by atoms with Gasteiger partial charge in [0.1, 0.15) is 16.8 Å². The summed E-state index contributed by atoms with van der Waals surface area (Å²) in [5.74, 6) is -1.96. The molecule has 1 rings (SSSR count). The number of nitrogens with zero attached hydrogens (tertiary/aromatic N) is 2. The average Bonchev–Trinajstić information content (AvgIpc) is 2.66. The molecule has 1 aromatic heterocycles. The van der Waals surface area contributed by atoms with Gasteiger partial charge >= 0.3 is 11.9 Å². The first-order valence-electron chi connectivity index (χ1n) is 6.96. The summed E-state index contributed by atoms with van der Waals surface area (Å²) in [6.07, 6.45) is 1.16. The predicted molar refractivity (Wildman–Crippen MR) is 83.8 cm³/mol. The molecule has 0 bridgehead atoms. The summed E-state index contributed by atoms with van der Waals surface area (Å²) in [6.45, 7) is 10.2. The van der Waals surface area contributed by atoms with Gasteiger partial charge in [0.2, 0.25) is 5.96 Å². The molecular weight excluding hydrogens is 302 g/mol. The van der Waals surface area contributed by atoms with E-state index in [0.717, 1.165) is 11.0 Å². The van der Waals surface area contributed by atoms with E-state index in [2.05, 4.69) is 10.5 Å². The molecule has 0 aromatic carbocycles. The summed E-state index contributed by atoms with van der Waals surface area (Å²) in [4.78, 5) is 25.5. The minimum Gasteiger partial charge on any atom is -0.456 e. The lowest BCUT2D eigenvalue weighted by Gasteiger charge is -2.21. The third kappa shape index (κ3) is 5.61. The Balaban J connectivity index is 3.26. The Hall–Kier alpha value is -2.58. The number of guanidine groups is 1. The number of nitrogens with two attached hydrogens (primary N) is 1. The lowest BCUT2D eigenvalue weighted by atomic mass is 10.1. The van der Waals surface area contributed by atoms with Crippen molar-refractivity contribution in [2.24, 2.45) is 5.73 Å². The first-order chi connectivity index (χ1) is 10.3. The number of nitrogens with one attached hydrogen (secondary N) is 2. The number of hydrogen-bond donors (Lipinski definition) is 3. The van der Waals surface area contributed by atoms with Crippen molar-refractivity contribution in [1.29, 1.82) is 5.41 Å². The first-order valence-corrected chi connectivity index (χ1v) is 6.96. The van der Waals surface area contributed by atoms with Gasteiger partial charge in [0, 0.05) is 0 Å². The standard InChI is InChI=1S/C14H23N5O4/c1-13(2,3)22-10(20)8-7-17-19(18-12(15)16)9(8)11(21)23-14(4,5)6/h7H,1-6H3,(H4,15,16,18). The molecule has 9 heteroatoms. The second-order valence-electron chi connectivity index (χ2n) is 6.85. The fourth-order valence-electron chi connectivity index (χ4n) is 1.55. The maximum absolute atomic E-state index is 12.4. The molecule has 0 fully saturated rings. The van der Waals surface area contributed by atoms with Crippen LogP contribution in [0.5, 0.6) is 0 Å². The number of carbonyl (C=O) groups is 2. The zero-order valence-corrected chi connectivity index (χ0v) is 14.2. The molecule has 0 unspecified atom stereocenters. The van der Waals surface area contributed by atoms with E-state index in [9.17, 15) is 9.59 Å². The van der Waals surface area contributed by atoms with Crippen LogP contribution in [-0.4, -0.2) is 39.0 Å². The minimum absolute atomic E-state index is 0.0806.